The number of unbranched alkanes of at least 4 members (excludes halogenated alkanes) is 15. The molecule has 0 saturated heterocycles. The summed E-state index contributed by atoms with van der Waals surface area (Å²) in [6.07, 6.45) is 23.6. The lowest BCUT2D eigenvalue weighted by Crippen LogP contribution is -3.00. The molecule has 0 radical (unpaired) electrons. The molecule has 0 fully saturated rings. The molecule has 1 amide bonds. The van der Waals surface area contributed by atoms with Crippen molar-refractivity contribution in [3.63, 3.8) is 0 Å². The zero-order valence-corrected chi connectivity index (χ0v) is 22.5. The fourth-order valence-corrected chi connectivity index (χ4v) is 4.27. The lowest BCUT2D eigenvalue weighted by Gasteiger charge is -2.38. The Kier molecular flexibility index (Phi) is 22.4. The minimum Gasteiger partial charge on any atom is -1.00 e. The minimum absolute atomic E-state index is 0. The predicted octanol–water partition coefficient (Wildman–Crippen LogP) is 4.76. The van der Waals surface area contributed by atoms with Crippen molar-refractivity contribution in [2.24, 2.45) is 0 Å². The predicted molar refractivity (Wildman–Crippen MR) is 134 cm³/mol. The standard InChI is InChI=1S/C27H54N2O.ClH/c1-7-9-10-11-12-13-14-15-16-17-18-19-20-21-22-23-24-29(5,6)26(8-2)28-27(30)25(3)4;/h26H,3,7-24H2,1-2,4-6H3;1H. The summed E-state index contributed by atoms with van der Waals surface area (Å²) >= 11 is 0. The maximum absolute atomic E-state index is 12.0. The van der Waals surface area contributed by atoms with Crippen LogP contribution in [0.3, 0.4) is 0 Å². The van der Waals surface area contributed by atoms with Crippen LogP contribution in [0, 0.1) is 0 Å². The van der Waals surface area contributed by atoms with Crippen molar-refractivity contribution in [1.82, 2.24) is 5.32 Å². The average molecular weight is 459 g/mol. The van der Waals surface area contributed by atoms with Crippen LogP contribution in [0.1, 0.15) is 130 Å². The number of carbonyl (C=O) groups excluding carboxylic acids is 1. The van der Waals surface area contributed by atoms with Crippen molar-refractivity contribution in [1.29, 1.82) is 0 Å². The third kappa shape index (κ3) is 18.7. The second-order valence-electron chi connectivity index (χ2n) is 9.98. The lowest BCUT2D eigenvalue weighted by atomic mass is 10.0. The molecule has 3 nitrogen and oxygen atoms in total. The van der Waals surface area contributed by atoms with Gasteiger partial charge in [0.05, 0.1) is 20.6 Å². The topological polar surface area (TPSA) is 29.1 Å². The van der Waals surface area contributed by atoms with Gasteiger partial charge in [-0.1, -0.05) is 110 Å². The normalized spacial score (nSPS) is 12.3. The van der Waals surface area contributed by atoms with Gasteiger partial charge in [-0.3, -0.25) is 4.79 Å². The van der Waals surface area contributed by atoms with Crippen molar-refractivity contribution >= 4 is 5.91 Å². The Bertz CT molecular complexity index is 437. The summed E-state index contributed by atoms with van der Waals surface area (Å²) in [7, 11) is 4.47. The summed E-state index contributed by atoms with van der Waals surface area (Å²) < 4.78 is 0.855. The van der Waals surface area contributed by atoms with Crippen LogP contribution < -0.4 is 17.7 Å². The molecule has 0 aromatic rings. The fraction of sp³-hybridized carbons (Fsp3) is 0.889. The van der Waals surface area contributed by atoms with E-state index >= 15 is 0 Å². The molecule has 1 unspecified atom stereocenters. The van der Waals surface area contributed by atoms with Crippen LogP contribution in [0.25, 0.3) is 0 Å². The highest BCUT2D eigenvalue weighted by Crippen LogP contribution is 2.15. The Morgan fingerprint density at radius 1 is 0.742 bits per heavy atom. The molecule has 0 aliphatic rings. The zero-order valence-electron chi connectivity index (χ0n) is 21.7. The molecule has 1 atom stereocenters. The minimum atomic E-state index is -0.0139. The molecule has 0 aliphatic carbocycles. The van der Waals surface area contributed by atoms with Gasteiger partial charge < -0.3 is 22.2 Å². The van der Waals surface area contributed by atoms with Crippen molar-refractivity contribution in [2.75, 3.05) is 20.6 Å². The van der Waals surface area contributed by atoms with Crippen molar-refractivity contribution in [3.8, 4) is 0 Å². The second-order valence-corrected chi connectivity index (χ2v) is 9.98. The number of carbonyl (C=O) groups is 1. The monoisotopic (exact) mass is 458 g/mol. The van der Waals surface area contributed by atoms with Crippen molar-refractivity contribution < 1.29 is 21.7 Å². The molecule has 4 heteroatoms. The van der Waals surface area contributed by atoms with Gasteiger partial charge in [0.1, 0.15) is 0 Å². The molecular weight excluding hydrogens is 404 g/mol. The Hall–Kier alpha value is -0.540. The van der Waals surface area contributed by atoms with E-state index < -0.39 is 0 Å². The third-order valence-corrected chi connectivity index (χ3v) is 6.50. The molecule has 0 spiro atoms. The number of amides is 1. The number of hydrogen-bond donors (Lipinski definition) is 1. The Morgan fingerprint density at radius 3 is 1.42 bits per heavy atom. The summed E-state index contributed by atoms with van der Waals surface area (Å²) in [5.74, 6) is -0.0139. The molecule has 186 valence electrons. The van der Waals surface area contributed by atoms with E-state index in [0.717, 1.165) is 17.4 Å². The van der Waals surface area contributed by atoms with Crippen LogP contribution in [-0.2, 0) is 4.79 Å². The molecular formula is C27H55ClN2O. The van der Waals surface area contributed by atoms with Crippen molar-refractivity contribution in [3.05, 3.63) is 12.2 Å². The van der Waals surface area contributed by atoms with Crippen LogP contribution in [0.15, 0.2) is 12.2 Å². The highest BCUT2D eigenvalue weighted by atomic mass is 35.5. The van der Waals surface area contributed by atoms with Gasteiger partial charge in [0.15, 0.2) is 6.17 Å². The largest absolute Gasteiger partial charge is 1.00 e. The molecule has 31 heavy (non-hydrogen) atoms. The van der Waals surface area contributed by atoms with Gasteiger partial charge in [-0.25, -0.2) is 0 Å². The first-order valence-electron chi connectivity index (χ1n) is 13.1. The second kappa shape index (κ2) is 21.3. The summed E-state index contributed by atoms with van der Waals surface area (Å²) in [6.45, 7) is 11.1. The van der Waals surface area contributed by atoms with Gasteiger partial charge in [0, 0.05) is 12.0 Å². The first-order valence-corrected chi connectivity index (χ1v) is 13.1. The van der Waals surface area contributed by atoms with Gasteiger partial charge in [0.25, 0.3) is 5.91 Å². The molecule has 0 bridgehead atoms. The number of nitrogens with zero attached hydrogens (tertiary/aromatic N) is 1. The summed E-state index contributed by atoms with van der Waals surface area (Å²) in [5.41, 5.74) is 0.593. The van der Waals surface area contributed by atoms with Crippen LogP contribution in [0.2, 0.25) is 0 Å². The maximum Gasteiger partial charge on any atom is 0.250 e. The van der Waals surface area contributed by atoms with E-state index in [9.17, 15) is 4.79 Å². The van der Waals surface area contributed by atoms with E-state index in [1.807, 2.05) is 0 Å². The summed E-state index contributed by atoms with van der Waals surface area (Å²) in [5, 5.41) is 3.14. The number of quaternary nitrogens is 1. The number of halogens is 1. The van der Waals surface area contributed by atoms with Crippen LogP contribution in [-0.4, -0.2) is 37.2 Å². The Labute approximate surface area is 201 Å². The highest BCUT2D eigenvalue weighted by Gasteiger charge is 2.27. The quantitative estimate of drug-likeness (QED) is 0.114. The Morgan fingerprint density at radius 2 is 1.10 bits per heavy atom. The third-order valence-electron chi connectivity index (χ3n) is 6.50. The molecule has 0 aliphatic heterocycles. The average Bonchev–Trinajstić information content (AvgIpc) is 2.71. The van der Waals surface area contributed by atoms with Gasteiger partial charge in [-0.15, -0.1) is 0 Å². The van der Waals surface area contributed by atoms with Gasteiger partial charge in [-0.2, -0.15) is 0 Å². The first kappa shape index (κ1) is 32.6. The lowest BCUT2D eigenvalue weighted by molar-refractivity contribution is -0.917. The molecule has 0 heterocycles. The van der Waals surface area contributed by atoms with E-state index in [4.69, 9.17) is 0 Å². The van der Waals surface area contributed by atoms with E-state index in [0.29, 0.717) is 5.57 Å². The smallest absolute Gasteiger partial charge is 0.250 e. The number of hydrogen-bond acceptors (Lipinski definition) is 1. The van der Waals surface area contributed by atoms with Crippen LogP contribution in [0.4, 0.5) is 0 Å². The SMILES string of the molecule is C=C(C)C(=O)NC(CC)[N+](C)(C)CCCCCCCCCCCCCCCCCC.[Cl-]. The van der Waals surface area contributed by atoms with E-state index in [1.54, 1.807) is 6.92 Å². The summed E-state index contributed by atoms with van der Waals surface area (Å²) in [4.78, 5) is 12.0. The van der Waals surface area contributed by atoms with E-state index in [-0.39, 0.29) is 24.5 Å². The van der Waals surface area contributed by atoms with Crippen LogP contribution in [0.5, 0.6) is 0 Å². The summed E-state index contributed by atoms with van der Waals surface area (Å²) in [6, 6.07) is 0. The number of nitrogens with one attached hydrogen (secondary N) is 1. The zero-order chi connectivity index (χ0) is 22.7. The van der Waals surface area contributed by atoms with Gasteiger partial charge in [-0.05, 0) is 19.8 Å². The van der Waals surface area contributed by atoms with Crippen LogP contribution >= 0.6 is 0 Å². The molecule has 0 saturated carbocycles. The van der Waals surface area contributed by atoms with E-state index in [1.165, 1.54) is 103 Å². The van der Waals surface area contributed by atoms with E-state index in [2.05, 4.69) is 39.8 Å². The molecule has 0 rings (SSSR count). The van der Waals surface area contributed by atoms with Gasteiger partial charge in [0.2, 0.25) is 0 Å². The molecule has 0 aromatic carbocycles. The first-order chi connectivity index (χ1) is 14.3. The highest BCUT2D eigenvalue weighted by molar-refractivity contribution is 5.92. The fourth-order valence-electron chi connectivity index (χ4n) is 4.27. The molecule has 1 N–H and O–H groups in total. The molecule has 0 aromatic heterocycles. The van der Waals surface area contributed by atoms with Gasteiger partial charge >= 0.3 is 0 Å². The maximum atomic E-state index is 12.0. The Balaban J connectivity index is 0. The number of rotatable bonds is 21. The van der Waals surface area contributed by atoms with Crippen molar-refractivity contribution in [2.45, 2.75) is 136 Å².